The Morgan fingerprint density at radius 2 is 1.32 bits per heavy atom. The summed E-state index contributed by atoms with van der Waals surface area (Å²) in [5, 5.41) is 1.35. The second kappa shape index (κ2) is 14.1. The summed E-state index contributed by atoms with van der Waals surface area (Å²) >= 11 is 0. The first-order valence-electron chi connectivity index (χ1n) is 16.5. The summed E-state index contributed by atoms with van der Waals surface area (Å²) in [5.74, 6) is 0.359. The van der Waals surface area contributed by atoms with Crippen LogP contribution in [-0.4, -0.2) is 18.0 Å². The Balaban J connectivity index is 0.000000253. The van der Waals surface area contributed by atoms with Crippen molar-refractivity contribution >= 4 is 13.3 Å². The molecule has 5 rings (SSSR count). The van der Waals surface area contributed by atoms with Gasteiger partial charge in [-0.2, -0.15) is 0 Å². The van der Waals surface area contributed by atoms with E-state index in [0.29, 0.717) is 22.7 Å². The van der Waals surface area contributed by atoms with Crippen molar-refractivity contribution in [3.63, 3.8) is 0 Å². The molecule has 1 radical (unpaired) electrons. The van der Waals surface area contributed by atoms with Crippen LogP contribution in [0.5, 0.6) is 0 Å². The van der Waals surface area contributed by atoms with E-state index < -0.39 is 8.07 Å². The normalized spacial score (nSPS) is 14.0. The molecule has 0 fully saturated rings. The first-order valence-corrected chi connectivity index (χ1v) is 17.0. The van der Waals surface area contributed by atoms with Crippen LogP contribution >= 0.6 is 0 Å². The maximum atomic E-state index is 7.88. The van der Waals surface area contributed by atoms with Crippen LogP contribution in [0.2, 0.25) is 19.6 Å². The zero-order valence-electron chi connectivity index (χ0n) is 30.7. The van der Waals surface area contributed by atoms with Crippen LogP contribution in [0.15, 0.2) is 109 Å². The number of aromatic nitrogens is 2. The van der Waals surface area contributed by atoms with Crippen molar-refractivity contribution in [3.05, 3.63) is 127 Å². The minimum absolute atomic E-state index is 0. The molecule has 1 atom stereocenters. The maximum Gasteiger partial charge on any atom is 0.0799 e. The molecule has 41 heavy (non-hydrogen) atoms. The average Bonchev–Trinajstić information content (AvgIpc) is 3.01. The van der Waals surface area contributed by atoms with Gasteiger partial charge in [-0.05, 0) is 41.8 Å². The summed E-state index contributed by atoms with van der Waals surface area (Å²) in [6, 6.07) is 24.4. The summed E-state index contributed by atoms with van der Waals surface area (Å²) in [5.41, 5.74) is 6.10. The molecule has 3 aromatic carbocycles. The molecule has 5 aromatic rings. The van der Waals surface area contributed by atoms with Crippen molar-refractivity contribution in [1.29, 1.82) is 0 Å². The predicted octanol–water partition coefficient (Wildman–Crippen LogP) is 9.46. The SMILES string of the molecule is [2H]c1[c-]c(-c2cc(C(C)C(C)(C)C)c([Si](C)(C)C)cn2)cc([2H])c1[2H].[2H]c1[c-]c(-c2ccc(-c3ccccc3)cn2)cc([2H])c1[2H].[Ir]. The monoisotopic (exact) mass is 739 g/mol. The fraction of sp³-hybridized carbons (Fsp3) is 0.243. The average molecular weight is 739 g/mol. The standard InChI is InChI=1S/C20H28NSi.C17H12N.Ir/c1-15(20(2,3)4)17-13-18(16-11-9-8-10-12-16)21-14-19(17)22(5,6)7;1-3-7-14(8-4-1)16-11-12-17(18-13-16)15-9-5-2-6-10-15;/h8-11,13-15H,1-7H3;1-9,11-13H;/q2*-1;/i8D,9D,10D;2D,5D,6D;. The number of rotatable bonds is 5. The molecule has 213 valence electrons. The molecule has 2 heterocycles. The van der Waals surface area contributed by atoms with Crippen LogP contribution in [-0.2, 0) is 20.1 Å². The molecule has 0 aliphatic rings. The second-order valence-electron chi connectivity index (χ2n) is 11.9. The van der Waals surface area contributed by atoms with Gasteiger partial charge in [0.2, 0.25) is 0 Å². The molecule has 4 heteroatoms. The Bertz CT molecular complexity index is 1790. The topological polar surface area (TPSA) is 25.8 Å². The van der Waals surface area contributed by atoms with Crippen molar-refractivity contribution in [1.82, 2.24) is 9.97 Å². The van der Waals surface area contributed by atoms with Crippen molar-refractivity contribution < 1.29 is 28.3 Å². The number of nitrogens with zero attached hydrogens (tertiary/aromatic N) is 2. The van der Waals surface area contributed by atoms with Gasteiger partial charge in [0.1, 0.15) is 0 Å². The van der Waals surface area contributed by atoms with E-state index in [1.54, 1.807) is 12.3 Å². The predicted molar refractivity (Wildman–Crippen MR) is 173 cm³/mol. The maximum absolute atomic E-state index is 7.88. The molecular weight excluding hydrogens is 693 g/mol. The Morgan fingerprint density at radius 3 is 1.83 bits per heavy atom. The molecule has 0 saturated heterocycles. The Morgan fingerprint density at radius 1 is 0.732 bits per heavy atom. The molecule has 0 amide bonds. The minimum Gasteiger partial charge on any atom is -0.305 e. The van der Waals surface area contributed by atoms with Gasteiger partial charge in [-0.1, -0.05) is 101 Å². The van der Waals surface area contributed by atoms with E-state index in [1.807, 2.05) is 48.7 Å². The summed E-state index contributed by atoms with van der Waals surface area (Å²) in [6.45, 7) is 16.0. The van der Waals surface area contributed by atoms with E-state index >= 15 is 0 Å². The smallest absolute Gasteiger partial charge is 0.0799 e. The largest absolute Gasteiger partial charge is 0.305 e. The fourth-order valence-electron chi connectivity index (χ4n) is 4.26. The van der Waals surface area contributed by atoms with Gasteiger partial charge in [0.15, 0.2) is 0 Å². The van der Waals surface area contributed by atoms with Crippen LogP contribution in [0, 0.1) is 17.5 Å². The van der Waals surface area contributed by atoms with E-state index in [9.17, 15) is 0 Å². The van der Waals surface area contributed by atoms with E-state index in [1.165, 1.54) is 16.8 Å². The first kappa shape index (κ1) is 24.4. The molecular formula is C37H40IrN2Si-2. The van der Waals surface area contributed by atoms with E-state index in [2.05, 4.69) is 75.5 Å². The zero-order chi connectivity index (χ0) is 34.0. The van der Waals surface area contributed by atoms with Gasteiger partial charge < -0.3 is 9.97 Å². The number of pyridine rings is 2. The van der Waals surface area contributed by atoms with Crippen molar-refractivity contribution in [2.45, 2.75) is 53.3 Å². The van der Waals surface area contributed by atoms with Gasteiger partial charge in [0.25, 0.3) is 0 Å². The summed E-state index contributed by atoms with van der Waals surface area (Å²) in [7, 11) is -1.55. The van der Waals surface area contributed by atoms with Crippen LogP contribution in [0.25, 0.3) is 33.6 Å². The number of benzene rings is 3. The minimum atomic E-state index is -1.55. The van der Waals surface area contributed by atoms with Gasteiger partial charge in [0.05, 0.1) is 8.07 Å². The Hall–Kier alpha value is -3.17. The van der Waals surface area contributed by atoms with Crippen molar-refractivity contribution in [2.75, 3.05) is 0 Å². The van der Waals surface area contributed by atoms with Crippen LogP contribution in [0.3, 0.4) is 0 Å². The molecule has 0 bridgehead atoms. The zero-order valence-corrected chi connectivity index (χ0v) is 28.1. The molecule has 2 nitrogen and oxygen atoms in total. The molecule has 0 N–H and O–H groups in total. The summed E-state index contributed by atoms with van der Waals surface area (Å²) in [6.07, 6.45) is 3.75. The quantitative estimate of drug-likeness (QED) is 0.133. The van der Waals surface area contributed by atoms with E-state index in [-0.39, 0.29) is 61.8 Å². The van der Waals surface area contributed by atoms with Gasteiger partial charge in [-0.25, -0.2) is 0 Å². The van der Waals surface area contributed by atoms with E-state index in [4.69, 9.17) is 8.22 Å². The molecule has 0 saturated carbocycles. The molecule has 0 spiro atoms. The Labute approximate surface area is 270 Å². The second-order valence-corrected chi connectivity index (χ2v) is 17.0. The van der Waals surface area contributed by atoms with Gasteiger partial charge in [-0.3, -0.25) is 0 Å². The number of hydrogen-bond acceptors (Lipinski definition) is 2. The van der Waals surface area contributed by atoms with Gasteiger partial charge >= 0.3 is 0 Å². The van der Waals surface area contributed by atoms with Gasteiger partial charge in [0, 0.05) is 38.0 Å². The van der Waals surface area contributed by atoms with Crippen LogP contribution in [0.4, 0.5) is 0 Å². The van der Waals surface area contributed by atoms with Crippen LogP contribution < -0.4 is 5.19 Å². The third-order valence-electron chi connectivity index (χ3n) is 7.03. The molecule has 2 aromatic heterocycles. The first-order chi connectivity index (χ1) is 21.5. The van der Waals surface area contributed by atoms with E-state index in [0.717, 1.165) is 16.8 Å². The summed E-state index contributed by atoms with van der Waals surface area (Å²) in [4.78, 5) is 9.01. The fourth-order valence-corrected chi connectivity index (χ4v) is 5.86. The number of hydrogen-bond donors (Lipinski definition) is 0. The third kappa shape index (κ3) is 8.66. The molecule has 0 aliphatic heterocycles. The Kier molecular flexibility index (Phi) is 8.42. The van der Waals surface area contributed by atoms with Crippen molar-refractivity contribution in [2.24, 2.45) is 5.41 Å². The molecule has 0 aliphatic carbocycles. The summed E-state index contributed by atoms with van der Waals surface area (Å²) < 4.78 is 46.2. The third-order valence-corrected chi connectivity index (χ3v) is 9.06. The van der Waals surface area contributed by atoms with Crippen LogP contribution in [0.1, 0.15) is 47.4 Å². The molecule has 1 unspecified atom stereocenters. The van der Waals surface area contributed by atoms with Gasteiger partial charge in [-0.15, -0.1) is 71.6 Å². The van der Waals surface area contributed by atoms with Crippen molar-refractivity contribution in [3.8, 4) is 33.6 Å².